The Kier molecular flexibility index (Phi) is 7.89. The quantitative estimate of drug-likeness (QED) is 0.156. The molecule has 0 spiro atoms. The van der Waals surface area contributed by atoms with Crippen LogP contribution in [-0.2, 0) is 16.5 Å². The molecule has 0 unspecified atom stereocenters. The van der Waals surface area contributed by atoms with Crippen LogP contribution in [0.5, 0.6) is 11.5 Å². The zero-order valence-electron chi connectivity index (χ0n) is 20.1. The van der Waals surface area contributed by atoms with Gasteiger partial charge in [0.05, 0.1) is 29.1 Å². The molecule has 0 aliphatic carbocycles. The van der Waals surface area contributed by atoms with Gasteiger partial charge in [0.1, 0.15) is 16.3 Å². The predicted molar refractivity (Wildman–Crippen MR) is 146 cm³/mol. The molecule has 12 heteroatoms. The van der Waals surface area contributed by atoms with Gasteiger partial charge in [0.25, 0.3) is 16.0 Å². The summed E-state index contributed by atoms with van der Waals surface area (Å²) >= 11 is 12.3. The van der Waals surface area contributed by atoms with Crippen LogP contribution in [0.3, 0.4) is 0 Å². The molecule has 0 fully saturated rings. The molecular formula is C26H21Cl2N3O6S. The number of hydrogen-bond donors (Lipinski definition) is 3. The van der Waals surface area contributed by atoms with E-state index < -0.39 is 26.7 Å². The van der Waals surface area contributed by atoms with Gasteiger partial charge in [-0.15, -0.1) is 5.11 Å². The average Bonchev–Trinajstić information content (AvgIpc) is 2.87. The lowest BCUT2D eigenvalue weighted by Gasteiger charge is -2.13. The molecule has 4 aromatic rings. The molecule has 0 aromatic heterocycles. The second-order valence-corrected chi connectivity index (χ2v) is 10.2. The number of amides is 1. The Labute approximate surface area is 228 Å². The molecule has 0 bridgehead atoms. The van der Waals surface area contributed by atoms with Crippen molar-refractivity contribution >= 4 is 67.1 Å². The highest BCUT2D eigenvalue weighted by molar-refractivity contribution is 7.86. The average molecular weight is 574 g/mol. The van der Waals surface area contributed by atoms with E-state index in [0.717, 1.165) is 6.07 Å². The number of phenols is 1. The molecule has 4 rings (SSSR count). The number of hydrogen-bond acceptors (Lipinski definition) is 7. The lowest BCUT2D eigenvalue weighted by atomic mass is 10.0. The van der Waals surface area contributed by atoms with E-state index in [0.29, 0.717) is 32.8 Å². The molecule has 4 aromatic carbocycles. The van der Waals surface area contributed by atoms with E-state index in [1.807, 2.05) is 0 Å². The number of benzene rings is 4. The van der Waals surface area contributed by atoms with Gasteiger partial charge in [-0.05, 0) is 53.8 Å². The van der Waals surface area contributed by atoms with E-state index in [1.54, 1.807) is 43.3 Å². The Bertz CT molecular complexity index is 1710. The number of azo groups is 1. The van der Waals surface area contributed by atoms with E-state index in [9.17, 15) is 22.9 Å². The van der Waals surface area contributed by atoms with Crippen molar-refractivity contribution in [2.75, 3.05) is 12.4 Å². The molecule has 1 amide bonds. The lowest BCUT2D eigenvalue weighted by Crippen LogP contribution is -2.13. The number of nitrogens with one attached hydrogen (secondary N) is 1. The van der Waals surface area contributed by atoms with Crippen molar-refractivity contribution in [3.63, 3.8) is 0 Å². The molecule has 0 saturated heterocycles. The molecule has 0 aliphatic rings. The van der Waals surface area contributed by atoms with Crippen LogP contribution in [0.2, 0.25) is 10.0 Å². The summed E-state index contributed by atoms with van der Waals surface area (Å²) in [6, 6.07) is 15.7. The van der Waals surface area contributed by atoms with Crippen LogP contribution < -0.4 is 10.1 Å². The largest absolute Gasteiger partial charge is 0.505 e. The fourth-order valence-corrected chi connectivity index (χ4v) is 5.23. The minimum Gasteiger partial charge on any atom is -0.505 e. The molecule has 0 heterocycles. The van der Waals surface area contributed by atoms with Crippen LogP contribution in [0, 0.1) is 0 Å². The third kappa shape index (κ3) is 5.44. The smallest absolute Gasteiger partial charge is 0.296 e. The van der Waals surface area contributed by atoms with Gasteiger partial charge in [0.15, 0.2) is 5.75 Å². The molecule has 196 valence electrons. The summed E-state index contributed by atoms with van der Waals surface area (Å²) in [5.41, 5.74) is 0.809. The number of anilines is 1. The van der Waals surface area contributed by atoms with E-state index in [4.69, 9.17) is 27.9 Å². The number of nitrogens with zero attached hydrogens (tertiary/aromatic N) is 2. The topological polar surface area (TPSA) is 138 Å². The molecule has 0 aliphatic heterocycles. The number of methoxy groups -OCH3 is 1. The highest BCUT2D eigenvalue weighted by atomic mass is 35.5. The Morgan fingerprint density at radius 1 is 1.05 bits per heavy atom. The summed E-state index contributed by atoms with van der Waals surface area (Å²) in [6.07, 6.45) is 0.285. The fourth-order valence-electron chi connectivity index (χ4n) is 3.88. The van der Waals surface area contributed by atoms with Gasteiger partial charge in [-0.1, -0.05) is 54.4 Å². The molecule has 3 N–H and O–H groups in total. The number of rotatable bonds is 7. The zero-order chi connectivity index (χ0) is 27.6. The summed E-state index contributed by atoms with van der Waals surface area (Å²) in [5.74, 6) is -0.690. The second-order valence-electron chi connectivity index (χ2n) is 8.05. The Hall–Kier alpha value is -3.70. The first kappa shape index (κ1) is 27.3. The second kappa shape index (κ2) is 11.0. The minimum atomic E-state index is -4.54. The number of halogens is 2. The maximum Gasteiger partial charge on any atom is 0.296 e. The van der Waals surface area contributed by atoms with E-state index in [2.05, 4.69) is 15.5 Å². The number of carbonyl (C=O) groups is 1. The van der Waals surface area contributed by atoms with Crippen LogP contribution in [0.1, 0.15) is 22.8 Å². The molecular weight excluding hydrogens is 553 g/mol. The molecule has 0 atom stereocenters. The van der Waals surface area contributed by atoms with Gasteiger partial charge >= 0.3 is 0 Å². The SMILES string of the molecule is CCc1c(N=Nc2c(O)c(C(=O)Nc3cc(Cl)ccc3OC)cc3ccccc23)ccc(S(=O)(=O)O)c1Cl. The molecule has 38 heavy (non-hydrogen) atoms. The summed E-state index contributed by atoms with van der Waals surface area (Å²) in [7, 11) is -3.09. The van der Waals surface area contributed by atoms with Gasteiger partial charge < -0.3 is 15.2 Å². The first-order valence-electron chi connectivity index (χ1n) is 11.1. The zero-order valence-corrected chi connectivity index (χ0v) is 22.4. The van der Waals surface area contributed by atoms with Gasteiger partial charge in [0.2, 0.25) is 0 Å². The van der Waals surface area contributed by atoms with Crippen molar-refractivity contribution in [3.8, 4) is 11.5 Å². The highest BCUT2D eigenvalue weighted by Crippen LogP contribution is 2.41. The molecule has 9 nitrogen and oxygen atoms in total. The summed E-state index contributed by atoms with van der Waals surface area (Å²) in [5, 5.41) is 23.6. The lowest BCUT2D eigenvalue weighted by molar-refractivity contribution is 0.102. The third-order valence-electron chi connectivity index (χ3n) is 5.72. The van der Waals surface area contributed by atoms with Crippen molar-refractivity contribution in [2.24, 2.45) is 10.2 Å². The third-order valence-corrected chi connectivity index (χ3v) is 7.40. The molecule has 0 radical (unpaired) electrons. The highest BCUT2D eigenvalue weighted by Gasteiger charge is 2.21. The Morgan fingerprint density at radius 3 is 2.47 bits per heavy atom. The van der Waals surface area contributed by atoms with Crippen LogP contribution in [-0.4, -0.2) is 31.1 Å². The van der Waals surface area contributed by atoms with Crippen LogP contribution in [0.4, 0.5) is 17.1 Å². The van der Waals surface area contributed by atoms with Crippen molar-refractivity contribution < 1.29 is 27.6 Å². The Balaban J connectivity index is 1.82. The van der Waals surface area contributed by atoms with Gasteiger partial charge in [-0.3, -0.25) is 9.35 Å². The van der Waals surface area contributed by atoms with Crippen LogP contribution in [0.15, 0.2) is 75.8 Å². The maximum absolute atomic E-state index is 13.2. The first-order chi connectivity index (χ1) is 18.0. The van der Waals surface area contributed by atoms with Crippen molar-refractivity contribution in [3.05, 3.63) is 81.8 Å². The van der Waals surface area contributed by atoms with Crippen LogP contribution >= 0.6 is 23.2 Å². The van der Waals surface area contributed by atoms with Gasteiger partial charge in [-0.2, -0.15) is 13.5 Å². The first-order valence-corrected chi connectivity index (χ1v) is 13.3. The summed E-state index contributed by atoms with van der Waals surface area (Å²) in [6.45, 7) is 1.73. The number of fused-ring (bicyclic) bond motifs is 1. The Morgan fingerprint density at radius 2 is 1.79 bits per heavy atom. The number of aromatic hydroxyl groups is 1. The maximum atomic E-state index is 13.2. The van der Waals surface area contributed by atoms with Crippen molar-refractivity contribution in [1.82, 2.24) is 0 Å². The van der Waals surface area contributed by atoms with Crippen molar-refractivity contribution in [1.29, 1.82) is 0 Å². The fraction of sp³-hybridized carbons (Fsp3) is 0.115. The van der Waals surface area contributed by atoms with E-state index >= 15 is 0 Å². The molecule has 0 saturated carbocycles. The summed E-state index contributed by atoms with van der Waals surface area (Å²) < 4.78 is 38.0. The monoisotopic (exact) mass is 573 g/mol. The number of ether oxygens (including phenoxy) is 1. The normalized spacial score (nSPS) is 11.7. The minimum absolute atomic E-state index is 0.0170. The van der Waals surface area contributed by atoms with Gasteiger partial charge in [-0.25, -0.2) is 0 Å². The van der Waals surface area contributed by atoms with Crippen molar-refractivity contribution in [2.45, 2.75) is 18.2 Å². The van der Waals surface area contributed by atoms with Crippen LogP contribution in [0.25, 0.3) is 10.8 Å². The summed E-state index contributed by atoms with van der Waals surface area (Å²) in [4.78, 5) is 12.8. The van der Waals surface area contributed by atoms with E-state index in [1.165, 1.54) is 25.3 Å². The number of carbonyl (C=O) groups excluding carboxylic acids is 1. The predicted octanol–water partition coefficient (Wildman–Crippen LogP) is 7.34. The van der Waals surface area contributed by atoms with E-state index in [-0.39, 0.29) is 28.4 Å². The standard InChI is InChI=1S/C26H21Cl2N3O6S/c1-3-16-19(9-11-22(23(16)28)38(34,35)36)30-31-24-17-7-5-4-6-14(17)12-18(25(24)32)26(33)29-20-13-15(27)8-10-21(20)37-2/h4-13,32H,3H2,1-2H3,(H,29,33)(H,34,35,36). The number of phenolic OH excluding ortho intramolecular Hbond substituents is 1. The van der Waals surface area contributed by atoms with Gasteiger partial charge in [0, 0.05) is 10.4 Å².